The summed E-state index contributed by atoms with van der Waals surface area (Å²) in [4.78, 5) is 9.49. The van der Waals surface area contributed by atoms with E-state index in [-0.39, 0.29) is 5.82 Å². The Bertz CT molecular complexity index is 929. The van der Waals surface area contributed by atoms with Gasteiger partial charge in [-0.25, -0.2) is 9.37 Å². The lowest BCUT2D eigenvalue weighted by atomic mass is 10.2. The Morgan fingerprint density at radius 3 is 2.71 bits per heavy atom. The molecule has 4 rings (SSSR count). The maximum atomic E-state index is 14.0. The molecule has 0 N–H and O–H groups in total. The highest BCUT2D eigenvalue weighted by Crippen LogP contribution is 2.29. The van der Waals surface area contributed by atoms with Crippen molar-refractivity contribution in [3.8, 4) is 16.3 Å². The van der Waals surface area contributed by atoms with Crippen LogP contribution in [0.3, 0.4) is 0 Å². The third kappa shape index (κ3) is 4.18. The van der Waals surface area contributed by atoms with Crippen LogP contribution in [0.25, 0.3) is 10.6 Å². The highest BCUT2D eigenvalue weighted by atomic mass is 32.1. The van der Waals surface area contributed by atoms with Gasteiger partial charge in [0.2, 0.25) is 0 Å². The van der Waals surface area contributed by atoms with Crippen LogP contribution in [-0.2, 0) is 6.54 Å². The summed E-state index contributed by atoms with van der Waals surface area (Å²) in [7, 11) is 1.72. The van der Waals surface area contributed by atoms with Crippen molar-refractivity contribution in [3.63, 3.8) is 0 Å². The molecule has 28 heavy (non-hydrogen) atoms. The number of ether oxygens (including phenoxy) is 1. The van der Waals surface area contributed by atoms with Gasteiger partial charge in [-0.3, -0.25) is 4.90 Å². The zero-order valence-electron chi connectivity index (χ0n) is 16.0. The fourth-order valence-corrected chi connectivity index (χ4v) is 4.47. The Hall–Kier alpha value is -2.44. The van der Waals surface area contributed by atoms with Crippen molar-refractivity contribution in [2.45, 2.75) is 13.0 Å². The van der Waals surface area contributed by atoms with Gasteiger partial charge in [-0.1, -0.05) is 24.3 Å². The number of nitrogens with zero attached hydrogens (tertiary/aromatic N) is 3. The minimum Gasteiger partial charge on any atom is -0.495 e. The summed E-state index contributed by atoms with van der Waals surface area (Å²) >= 11 is 1.51. The molecule has 0 unspecified atom stereocenters. The molecule has 4 nitrogen and oxygen atoms in total. The molecule has 0 amide bonds. The maximum absolute atomic E-state index is 14.0. The van der Waals surface area contributed by atoms with Gasteiger partial charge in [0.05, 0.1) is 18.5 Å². The molecule has 0 spiro atoms. The van der Waals surface area contributed by atoms with E-state index in [0.29, 0.717) is 5.56 Å². The van der Waals surface area contributed by atoms with Crippen molar-refractivity contribution < 1.29 is 9.13 Å². The lowest BCUT2D eigenvalue weighted by Crippen LogP contribution is -2.30. The molecule has 146 valence electrons. The molecule has 1 fully saturated rings. The van der Waals surface area contributed by atoms with Crippen LogP contribution in [0, 0.1) is 5.82 Å². The van der Waals surface area contributed by atoms with Gasteiger partial charge in [0.15, 0.2) is 0 Å². The average molecular weight is 398 g/mol. The van der Waals surface area contributed by atoms with E-state index in [0.717, 1.165) is 61.3 Å². The predicted molar refractivity (Wildman–Crippen MR) is 113 cm³/mol. The largest absolute Gasteiger partial charge is 0.495 e. The maximum Gasteiger partial charge on any atom is 0.142 e. The minimum atomic E-state index is -0.217. The number of methoxy groups -OCH3 is 1. The Labute approximate surface area is 169 Å². The lowest BCUT2D eigenvalue weighted by Gasteiger charge is -2.25. The number of halogens is 1. The van der Waals surface area contributed by atoms with Crippen LogP contribution >= 0.6 is 11.3 Å². The molecule has 1 aliphatic heterocycles. The summed E-state index contributed by atoms with van der Waals surface area (Å²) in [5.74, 6) is 0.704. The standard InChI is InChI=1S/C22H24FN3OS/c1-27-21-10-5-4-9-20(21)26-12-6-11-25(13-14-26)15-17-16-28-22(24-17)18-7-2-3-8-19(18)23/h2-5,7-10,16H,6,11-15H2,1H3. The first-order valence-corrected chi connectivity index (χ1v) is 10.4. The summed E-state index contributed by atoms with van der Waals surface area (Å²) in [5.41, 5.74) is 2.74. The molecular formula is C22H24FN3OS. The van der Waals surface area contributed by atoms with E-state index in [1.807, 2.05) is 23.6 Å². The number of hydrogen-bond donors (Lipinski definition) is 0. The average Bonchev–Trinajstić information content (AvgIpc) is 3.06. The van der Waals surface area contributed by atoms with Gasteiger partial charge in [-0.05, 0) is 30.7 Å². The molecule has 1 aliphatic rings. The molecule has 6 heteroatoms. The molecular weight excluding hydrogens is 373 g/mol. The van der Waals surface area contributed by atoms with E-state index in [2.05, 4.69) is 26.9 Å². The smallest absolute Gasteiger partial charge is 0.142 e. The second-order valence-corrected chi connectivity index (χ2v) is 7.77. The van der Waals surface area contributed by atoms with Crippen LogP contribution in [-0.4, -0.2) is 43.2 Å². The lowest BCUT2D eigenvalue weighted by molar-refractivity contribution is 0.282. The van der Waals surface area contributed by atoms with E-state index in [9.17, 15) is 4.39 Å². The minimum absolute atomic E-state index is 0.217. The van der Waals surface area contributed by atoms with Gasteiger partial charge in [0.25, 0.3) is 0 Å². The summed E-state index contributed by atoms with van der Waals surface area (Å²) in [6.45, 7) is 4.74. The van der Waals surface area contributed by atoms with Crippen LogP contribution in [0.5, 0.6) is 5.75 Å². The van der Waals surface area contributed by atoms with Gasteiger partial charge >= 0.3 is 0 Å². The molecule has 0 radical (unpaired) electrons. The molecule has 2 aromatic carbocycles. The number of hydrogen-bond acceptors (Lipinski definition) is 5. The Morgan fingerprint density at radius 1 is 1.04 bits per heavy atom. The number of para-hydroxylation sites is 2. The molecule has 2 heterocycles. The molecule has 3 aromatic rings. The molecule has 1 aromatic heterocycles. The van der Waals surface area contributed by atoms with E-state index in [1.165, 1.54) is 17.4 Å². The van der Waals surface area contributed by atoms with E-state index < -0.39 is 0 Å². The topological polar surface area (TPSA) is 28.6 Å². The van der Waals surface area contributed by atoms with Crippen molar-refractivity contribution >= 4 is 17.0 Å². The Morgan fingerprint density at radius 2 is 1.86 bits per heavy atom. The van der Waals surface area contributed by atoms with Gasteiger partial charge in [0.1, 0.15) is 16.6 Å². The number of aromatic nitrogens is 1. The van der Waals surface area contributed by atoms with Crippen LogP contribution < -0.4 is 9.64 Å². The van der Waals surface area contributed by atoms with Crippen molar-refractivity contribution in [2.75, 3.05) is 38.2 Å². The van der Waals surface area contributed by atoms with Crippen molar-refractivity contribution in [1.29, 1.82) is 0 Å². The molecule has 0 bridgehead atoms. The third-order valence-corrected chi connectivity index (χ3v) is 5.98. The number of thiazole rings is 1. The fraction of sp³-hybridized carbons (Fsp3) is 0.318. The number of anilines is 1. The van der Waals surface area contributed by atoms with Crippen molar-refractivity contribution in [3.05, 3.63) is 65.4 Å². The predicted octanol–water partition coefficient (Wildman–Crippen LogP) is 4.67. The van der Waals surface area contributed by atoms with Crippen LogP contribution in [0.4, 0.5) is 10.1 Å². The quantitative estimate of drug-likeness (QED) is 0.626. The first kappa shape index (κ1) is 18.9. The highest BCUT2D eigenvalue weighted by molar-refractivity contribution is 7.13. The van der Waals surface area contributed by atoms with E-state index in [4.69, 9.17) is 4.74 Å². The zero-order valence-corrected chi connectivity index (χ0v) is 16.8. The first-order chi connectivity index (χ1) is 13.7. The van der Waals surface area contributed by atoms with Crippen molar-refractivity contribution in [2.24, 2.45) is 0 Å². The van der Waals surface area contributed by atoms with Gasteiger partial charge in [-0.15, -0.1) is 11.3 Å². The van der Waals surface area contributed by atoms with Gasteiger partial charge in [0, 0.05) is 43.7 Å². The summed E-state index contributed by atoms with van der Waals surface area (Å²) < 4.78 is 19.5. The van der Waals surface area contributed by atoms with Crippen LogP contribution in [0.1, 0.15) is 12.1 Å². The third-order valence-electron chi connectivity index (χ3n) is 5.06. The van der Waals surface area contributed by atoms with Crippen LogP contribution in [0.15, 0.2) is 53.9 Å². The second-order valence-electron chi connectivity index (χ2n) is 6.91. The molecule has 0 aliphatic carbocycles. The van der Waals surface area contributed by atoms with Crippen LogP contribution in [0.2, 0.25) is 0 Å². The van der Waals surface area contributed by atoms with E-state index in [1.54, 1.807) is 19.2 Å². The second kappa shape index (κ2) is 8.71. The summed E-state index contributed by atoms with van der Waals surface area (Å²) in [6, 6.07) is 15.0. The monoisotopic (exact) mass is 397 g/mol. The zero-order chi connectivity index (χ0) is 19.3. The fourth-order valence-electron chi connectivity index (χ4n) is 3.63. The SMILES string of the molecule is COc1ccccc1N1CCCN(Cc2csc(-c3ccccc3F)n2)CC1. The van der Waals surface area contributed by atoms with Crippen molar-refractivity contribution in [1.82, 2.24) is 9.88 Å². The Balaban J connectivity index is 1.41. The molecule has 1 saturated heterocycles. The normalized spacial score (nSPS) is 15.4. The molecule has 0 saturated carbocycles. The number of rotatable bonds is 5. The highest BCUT2D eigenvalue weighted by Gasteiger charge is 2.19. The summed E-state index contributed by atoms with van der Waals surface area (Å²) in [5, 5.41) is 2.79. The summed E-state index contributed by atoms with van der Waals surface area (Å²) in [6.07, 6.45) is 1.09. The Kier molecular flexibility index (Phi) is 5.88. The van der Waals surface area contributed by atoms with Gasteiger partial charge in [-0.2, -0.15) is 0 Å². The number of benzene rings is 2. The first-order valence-electron chi connectivity index (χ1n) is 9.54. The van der Waals surface area contributed by atoms with E-state index >= 15 is 0 Å². The molecule has 0 atom stereocenters. The van der Waals surface area contributed by atoms with Gasteiger partial charge < -0.3 is 9.64 Å².